The second-order valence-electron chi connectivity index (χ2n) is 4.26. The first-order valence-corrected chi connectivity index (χ1v) is 5.94. The fraction of sp³-hybridized carbons (Fsp3) is 0.750. The van der Waals surface area contributed by atoms with Crippen molar-refractivity contribution in [2.24, 2.45) is 5.92 Å². The minimum Gasteiger partial charge on any atom is -0.467 e. The summed E-state index contributed by atoms with van der Waals surface area (Å²) in [7, 11) is 1.31. The predicted octanol–water partition coefficient (Wildman–Crippen LogP) is 1.14. The number of nitrogens with one attached hydrogen (secondary N) is 1. The summed E-state index contributed by atoms with van der Waals surface area (Å²) in [5.74, 6) is -0.377. The molecule has 1 fully saturated rings. The van der Waals surface area contributed by atoms with Gasteiger partial charge in [0.25, 0.3) is 0 Å². The quantitative estimate of drug-likeness (QED) is 0.532. The van der Waals surface area contributed by atoms with E-state index in [0.29, 0.717) is 12.8 Å². The Bertz CT molecular complexity index is 318. The number of esters is 1. The van der Waals surface area contributed by atoms with Gasteiger partial charge in [0.15, 0.2) is 0 Å². The summed E-state index contributed by atoms with van der Waals surface area (Å²) in [5, 5.41) is 11.1. The highest BCUT2D eigenvalue weighted by Crippen LogP contribution is 2.29. The van der Waals surface area contributed by atoms with Gasteiger partial charge in [-0.1, -0.05) is 0 Å². The van der Waals surface area contributed by atoms with E-state index < -0.39 is 12.0 Å². The van der Waals surface area contributed by atoms with Crippen LogP contribution in [0.5, 0.6) is 0 Å². The number of unbranched alkanes of at least 4 members (excludes halogenated alkanes) is 2. The lowest BCUT2D eigenvalue weighted by atomic mass is 10.1. The van der Waals surface area contributed by atoms with Crippen molar-refractivity contribution < 1.29 is 14.3 Å². The highest BCUT2D eigenvalue weighted by molar-refractivity contribution is 5.86. The van der Waals surface area contributed by atoms with Crippen LogP contribution in [0.3, 0.4) is 0 Å². The van der Waals surface area contributed by atoms with Gasteiger partial charge in [0.2, 0.25) is 5.91 Å². The number of ether oxygens (including phenoxy) is 1. The summed E-state index contributed by atoms with van der Waals surface area (Å²) in [6.45, 7) is 0. The topological polar surface area (TPSA) is 79.2 Å². The molecule has 0 saturated heterocycles. The van der Waals surface area contributed by atoms with Gasteiger partial charge in [-0.05, 0) is 32.1 Å². The third kappa shape index (κ3) is 4.85. The summed E-state index contributed by atoms with van der Waals surface area (Å²) in [5.41, 5.74) is 0. The number of amides is 1. The number of hydrogen-bond donors (Lipinski definition) is 1. The number of nitrogens with zero attached hydrogens (tertiary/aromatic N) is 1. The van der Waals surface area contributed by atoms with Gasteiger partial charge in [-0.2, -0.15) is 5.26 Å². The van der Waals surface area contributed by atoms with Gasteiger partial charge >= 0.3 is 5.97 Å². The number of carbonyl (C=O) groups is 2. The Labute approximate surface area is 101 Å². The van der Waals surface area contributed by atoms with Crippen molar-refractivity contribution in [1.29, 1.82) is 5.26 Å². The molecular weight excluding hydrogens is 220 g/mol. The highest BCUT2D eigenvalue weighted by atomic mass is 16.5. The highest BCUT2D eigenvalue weighted by Gasteiger charge is 2.32. The second kappa shape index (κ2) is 6.89. The number of rotatable bonds is 7. The van der Waals surface area contributed by atoms with E-state index in [1.807, 2.05) is 0 Å². The third-order valence-electron chi connectivity index (χ3n) is 2.78. The molecule has 0 aromatic carbocycles. The molecule has 0 aromatic rings. The van der Waals surface area contributed by atoms with E-state index in [0.717, 1.165) is 25.7 Å². The zero-order chi connectivity index (χ0) is 12.7. The van der Waals surface area contributed by atoms with Crippen LogP contribution >= 0.6 is 0 Å². The lowest BCUT2D eigenvalue weighted by Gasteiger charge is -2.15. The molecule has 0 aliphatic heterocycles. The Kier molecular flexibility index (Phi) is 5.47. The van der Waals surface area contributed by atoms with Crippen LogP contribution in [-0.4, -0.2) is 25.0 Å². The molecule has 0 bridgehead atoms. The first kappa shape index (κ1) is 13.5. The van der Waals surface area contributed by atoms with E-state index >= 15 is 0 Å². The molecule has 94 valence electrons. The summed E-state index contributed by atoms with van der Waals surface area (Å²) < 4.78 is 4.65. The summed E-state index contributed by atoms with van der Waals surface area (Å²) in [4.78, 5) is 23.0. The summed E-state index contributed by atoms with van der Waals surface area (Å²) in [6, 6.07) is 1.49. The summed E-state index contributed by atoms with van der Waals surface area (Å²) >= 11 is 0. The number of hydrogen-bond acceptors (Lipinski definition) is 4. The third-order valence-corrected chi connectivity index (χ3v) is 2.78. The van der Waals surface area contributed by atoms with Crippen molar-refractivity contribution in [3.05, 3.63) is 0 Å². The Morgan fingerprint density at radius 1 is 1.47 bits per heavy atom. The second-order valence-corrected chi connectivity index (χ2v) is 4.26. The van der Waals surface area contributed by atoms with Crippen molar-refractivity contribution >= 4 is 11.9 Å². The molecule has 17 heavy (non-hydrogen) atoms. The molecule has 1 aliphatic carbocycles. The maximum atomic E-state index is 11.6. The molecule has 1 N–H and O–H groups in total. The molecule has 5 nitrogen and oxygen atoms in total. The molecule has 0 unspecified atom stereocenters. The molecule has 1 amide bonds. The maximum Gasteiger partial charge on any atom is 0.328 e. The van der Waals surface area contributed by atoms with E-state index in [2.05, 4.69) is 16.1 Å². The van der Waals surface area contributed by atoms with Gasteiger partial charge in [-0.25, -0.2) is 4.79 Å². The minimum absolute atomic E-state index is 0.0549. The van der Waals surface area contributed by atoms with E-state index in [1.54, 1.807) is 0 Å². The fourth-order valence-corrected chi connectivity index (χ4v) is 1.58. The van der Waals surface area contributed by atoms with Crippen LogP contribution in [-0.2, 0) is 14.3 Å². The summed E-state index contributed by atoms with van der Waals surface area (Å²) in [6.07, 6.45) is 4.31. The molecule has 1 atom stereocenters. The molecule has 1 saturated carbocycles. The zero-order valence-corrected chi connectivity index (χ0v) is 10.1. The normalized spacial score (nSPS) is 15.8. The van der Waals surface area contributed by atoms with E-state index in [1.165, 1.54) is 7.11 Å². The average molecular weight is 238 g/mol. The molecular formula is C12H18N2O3. The van der Waals surface area contributed by atoms with Gasteiger partial charge in [-0.3, -0.25) is 4.79 Å². The van der Waals surface area contributed by atoms with Crippen molar-refractivity contribution in [3.8, 4) is 6.07 Å². The number of methoxy groups -OCH3 is 1. The molecule has 0 spiro atoms. The van der Waals surface area contributed by atoms with Crippen LogP contribution in [0.1, 0.15) is 38.5 Å². The number of carbonyl (C=O) groups excluding carboxylic acids is 2. The van der Waals surface area contributed by atoms with Crippen molar-refractivity contribution in [1.82, 2.24) is 5.32 Å². The standard InChI is InChI=1S/C12H18N2O3/c1-17-12(16)10(5-3-2-4-8-13)14-11(15)9-6-7-9/h9-10H,2-7H2,1H3,(H,14,15)/t10-/m0/s1. The Morgan fingerprint density at radius 2 is 2.18 bits per heavy atom. The maximum absolute atomic E-state index is 11.6. The monoisotopic (exact) mass is 238 g/mol. The Balaban J connectivity index is 2.34. The molecule has 1 rings (SSSR count). The molecule has 1 aliphatic rings. The van der Waals surface area contributed by atoms with Gasteiger partial charge in [0.05, 0.1) is 13.2 Å². The smallest absolute Gasteiger partial charge is 0.328 e. The van der Waals surface area contributed by atoms with Gasteiger partial charge in [0, 0.05) is 12.3 Å². The predicted molar refractivity (Wildman–Crippen MR) is 60.8 cm³/mol. The van der Waals surface area contributed by atoms with Crippen LogP contribution < -0.4 is 5.32 Å². The van der Waals surface area contributed by atoms with Crippen LogP contribution in [0, 0.1) is 17.2 Å². The lowest BCUT2D eigenvalue weighted by Crippen LogP contribution is -2.42. The average Bonchev–Trinajstić information content (AvgIpc) is 3.16. The van der Waals surface area contributed by atoms with Crippen LogP contribution in [0.4, 0.5) is 0 Å². The molecule has 0 radical (unpaired) electrons. The Hall–Kier alpha value is -1.57. The zero-order valence-electron chi connectivity index (χ0n) is 10.1. The largest absolute Gasteiger partial charge is 0.467 e. The van der Waals surface area contributed by atoms with Crippen LogP contribution in [0.25, 0.3) is 0 Å². The van der Waals surface area contributed by atoms with Crippen molar-refractivity contribution in [2.75, 3.05) is 7.11 Å². The van der Waals surface area contributed by atoms with Gasteiger partial charge < -0.3 is 10.1 Å². The van der Waals surface area contributed by atoms with Gasteiger partial charge in [0.1, 0.15) is 6.04 Å². The first-order chi connectivity index (χ1) is 8.19. The van der Waals surface area contributed by atoms with Gasteiger partial charge in [-0.15, -0.1) is 0 Å². The molecule has 0 aromatic heterocycles. The minimum atomic E-state index is -0.563. The van der Waals surface area contributed by atoms with Crippen molar-refractivity contribution in [2.45, 2.75) is 44.6 Å². The molecule has 5 heteroatoms. The van der Waals surface area contributed by atoms with E-state index in [9.17, 15) is 9.59 Å². The van der Waals surface area contributed by atoms with E-state index in [4.69, 9.17) is 5.26 Å². The van der Waals surface area contributed by atoms with E-state index in [-0.39, 0.29) is 11.8 Å². The lowest BCUT2D eigenvalue weighted by molar-refractivity contribution is -0.145. The SMILES string of the molecule is COC(=O)[C@H](CCCCC#N)NC(=O)C1CC1. The fourth-order valence-electron chi connectivity index (χ4n) is 1.58. The first-order valence-electron chi connectivity index (χ1n) is 5.94. The Morgan fingerprint density at radius 3 is 2.71 bits per heavy atom. The van der Waals surface area contributed by atoms with Crippen LogP contribution in [0.15, 0.2) is 0 Å². The van der Waals surface area contributed by atoms with Crippen molar-refractivity contribution in [3.63, 3.8) is 0 Å². The molecule has 0 heterocycles. The number of nitriles is 1. The van der Waals surface area contributed by atoms with Crippen LogP contribution in [0.2, 0.25) is 0 Å².